The Balaban J connectivity index is 2.85. The Morgan fingerprint density at radius 2 is 2.06 bits per heavy atom. The van der Waals surface area contributed by atoms with Crippen molar-refractivity contribution < 1.29 is 15.0 Å². The first-order valence-corrected chi connectivity index (χ1v) is 5.09. The molecule has 0 atom stereocenters. The van der Waals surface area contributed by atoms with Gasteiger partial charge in [0, 0.05) is 5.56 Å². The number of amides is 1. The van der Waals surface area contributed by atoms with Crippen molar-refractivity contribution in [1.82, 2.24) is 5.32 Å². The molecule has 0 aromatic heterocycles. The third kappa shape index (κ3) is 2.97. The van der Waals surface area contributed by atoms with Gasteiger partial charge in [-0.25, -0.2) is 0 Å². The molecule has 1 amide bonds. The summed E-state index contributed by atoms with van der Waals surface area (Å²) in [5.74, 6) is -0.219. The Kier molecular flexibility index (Phi) is 3.55. The lowest BCUT2D eigenvalue weighted by Gasteiger charge is -2.23. The summed E-state index contributed by atoms with van der Waals surface area (Å²) in [6, 6.07) is 4.73. The molecule has 1 aromatic carbocycles. The number of phenols is 1. The number of aliphatic hydroxyl groups excluding tert-OH is 1. The van der Waals surface area contributed by atoms with Gasteiger partial charge in [-0.1, -0.05) is 6.07 Å². The molecule has 0 saturated heterocycles. The van der Waals surface area contributed by atoms with Gasteiger partial charge in [-0.2, -0.15) is 0 Å². The van der Waals surface area contributed by atoms with Crippen molar-refractivity contribution in [2.24, 2.45) is 0 Å². The van der Waals surface area contributed by atoms with Crippen LogP contribution in [0.5, 0.6) is 5.75 Å². The number of aliphatic hydroxyl groups is 1. The predicted octanol–water partition coefficient (Wildman–Crippen LogP) is 1.20. The van der Waals surface area contributed by atoms with Crippen LogP contribution in [0.2, 0.25) is 0 Å². The zero-order valence-corrected chi connectivity index (χ0v) is 9.74. The van der Waals surface area contributed by atoms with Gasteiger partial charge in [-0.15, -0.1) is 0 Å². The number of hydrogen-bond donors (Lipinski definition) is 3. The van der Waals surface area contributed by atoms with Gasteiger partial charge in [0.25, 0.3) is 5.91 Å². The van der Waals surface area contributed by atoms with E-state index < -0.39 is 5.54 Å². The molecule has 0 aliphatic carbocycles. The summed E-state index contributed by atoms with van der Waals surface area (Å²) in [5, 5.41) is 21.2. The van der Waals surface area contributed by atoms with Crippen LogP contribution in [-0.2, 0) is 0 Å². The Morgan fingerprint density at radius 3 is 2.56 bits per heavy atom. The van der Waals surface area contributed by atoms with Crippen LogP contribution in [0.15, 0.2) is 18.2 Å². The van der Waals surface area contributed by atoms with Gasteiger partial charge >= 0.3 is 0 Å². The van der Waals surface area contributed by atoms with Crippen molar-refractivity contribution in [2.45, 2.75) is 26.3 Å². The summed E-state index contributed by atoms with van der Waals surface area (Å²) < 4.78 is 0. The number of rotatable bonds is 3. The van der Waals surface area contributed by atoms with E-state index in [4.69, 9.17) is 5.11 Å². The smallest absolute Gasteiger partial charge is 0.251 e. The van der Waals surface area contributed by atoms with Crippen LogP contribution < -0.4 is 5.32 Å². The third-order valence-electron chi connectivity index (χ3n) is 2.32. The van der Waals surface area contributed by atoms with E-state index in [1.165, 1.54) is 6.07 Å². The second-order valence-electron chi connectivity index (χ2n) is 4.50. The van der Waals surface area contributed by atoms with Crippen LogP contribution in [-0.4, -0.2) is 28.3 Å². The van der Waals surface area contributed by atoms with E-state index in [1.54, 1.807) is 32.9 Å². The quantitative estimate of drug-likeness (QED) is 0.721. The molecular weight excluding hydrogens is 206 g/mol. The molecule has 0 spiro atoms. The maximum absolute atomic E-state index is 11.7. The molecule has 4 heteroatoms. The minimum atomic E-state index is -0.669. The van der Waals surface area contributed by atoms with Crippen LogP contribution in [0.4, 0.5) is 0 Å². The topological polar surface area (TPSA) is 69.6 Å². The molecule has 3 N–H and O–H groups in total. The molecule has 0 fully saturated rings. The lowest BCUT2D eigenvalue weighted by Crippen LogP contribution is -2.46. The number of benzene rings is 1. The minimum absolute atomic E-state index is 0.0921. The molecule has 1 rings (SSSR count). The summed E-state index contributed by atoms with van der Waals surface area (Å²) >= 11 is 0. The predicted molar refractivity (Wildman–Crippen MR) is 61.5 cm³/mol. The average Bonchev–Trinajstić information content (AvgIpc) is 2.21. The highest BCUT2D eigenvalue weighted by Gasteiger charge is 2.20. The van der Waals surface area contributed by atoms with Crippen molar-refractivity contribution >= 4 is 5.91 Å². The molecule has 1 aromatic rings. The fraction of sp³-hybridized carbons (Fsp3) is 0.417. The first kappa shape index (κ1) is 12.5. The monoisotopic (exact) mass is 223 g/mol. The Morgan fingerprint density at radius 1 is 1.44 bits per heavy atom. The van der Waals surface area contributed by atoms with Crippen molar-refractivity contribution in [3.8, 4) is 5.75 Å². The van der Waals surface area contributed by atoms with Crippen molar-refractivity contribution in [3.05, 3.63) is 29.3 Å². The molecule has 0 radical (unpaired) electrons. The summed E-state index contributed by atoms with van der Waals surface area (Å²) in [7, 11) is 0. The third-order valence-corrected chi connectivity index (χ3v) is 2.32. The van der Waals surface area contributed by atoms with Crippen molar-refractivity contribution in [1.29, 1.82) is 0 Å². The van der Waals surface area contributed by atoms with E-state index in [9.17, 15) is 9.90 Å². The van der Waals surface area contributed by atoms with Gasteiger partial charge in [0.15, 0.2) is 0 Å². The van der Waals surface area contributed by atoms with Crippen molar-refractivity contribution in [2.75, 3.05) is 6.61 Å². The number of phenolic OH excluding ortho intramolecular Hbond substituents is 1. The molecule has 0 unspecified atom stereocenters. The van der Waals surface area contributed by atoms with Gasteiger partial charge < -0.3 is 15.5 Å². The standard InChI is InChI=1S/C12H17NO3/c1-8-4-5-9(6-10(8)15)11(16)13-12(2,3)7-14/h4-6,14-15H,7H2,1-3H3,(H,13,16). The second-order valence-corrected chi connectivity index (χ2v) is 4.50. The number of aromatic hydroxyl groups is 1. The first-order valence-electron chi connectivity index (χ1n) is 5.09. The van der Waals surface area contributed by atoms with E-state index in [-0.39, 0.29) is 18.3 Å². The van der Waals surface area contributed by atoms with Gasteiger partial charge in [0.2, 0.25) is 0 Å². The van der Waals surface area contributed by atoms with Gasteiger partial charge in [-0.05, 0) is 38.5 Å². The average molecular weight is 223 g/mol. The lowest BCUT2D eigenvalue weighted by atomic mass is 10.1. The lowest BCUT2D eigenvalue weighted by molar-refractivity contribution is 0.0869. The second kappa shape index (κ2) is 4.53. The minimum Gasteiger partial charge on any atom is -0.508 e. The van der Waals surface area contributed by atoms with Gasteiger partial charge in [0.05, 0.1) is 12.1 Å². The first-order chi connectivity index (χ1) is 7.35. The molecule has 16 heavy (non-hydrogen) atoms. The van der Waals surface area contributed by atoms with Crippen LogP contribution in [0, 0.1) is 6.92 Å². The summed E-state index contributed by atoms with van der Waals surface area (Å²) in [4.78, 5) is 11.7. The molecule has 0 aliphatic heterocycles. The van der Waals surface area contributed by atoms with Crippen LogP contribution in [0.1, 0.15) is 29.8 Å². The van der Waals surface area contributed by atoms with Crippen LogP contribution >= 0.6 is 0 Å². The van der Waals surface area contributed by atoms with Gasteiger partial charge in [-0.3, -0.25) is 4.79 Å². The number of aryl methyl sites for hydroxylation is 1. The highest BCUT2D eigenvalue weighted by Crippen LogP contribution is 2.17. The zero-order chi connectivity index (χ0) is 12.3. The van der Waals surface area contributed by atoms with Crippen LogP contribution in [0.25, 0.3) is 0 Å². The van der Waals surface area contributed by atoms with E-state index >= 15 is 0 Å². The van der Waals surface area contributed by atoms with E-state index in [1.807, 2.05) is 0 Å². The number of nitrogens with one attached hydrogen (secondary N) is 1. The number of hydrogen-bond acceptors (Lipinski definition) is 3. The largest absolute Gasteiger partial charge is 0.508 e. The Hall–Kier alpha value is -1.55. The SMILES string of the molecule is Cc1ccc(C(=O)NC(C)(C)CO)cc1O. The van der Waals surface area contributed by atoms with Crippen LogP contribution in [0.3, 0.4) is 0 Å². The molecular formula is C12H17NO3. The maximum atomic E-state index is 11.7. The number of carbonyl (C=O) groups excluding carboxylic acids is 1. The zero-order valence-electron chi connectivity index (χ0n) is 9.74. The highest BCUT2D eigenvalue weighted by atomic mass is 16.3. The van der Waals surface area contributed by atoms with E-state index in [0.29, 0.717) is 5.56 Å². The molecule has 0 heterocycles. The molecule has 0 bridgehead atoms. The Bertz CT molecular complexity index is 399. The van der Waals surface area contributed by atoms with E-state index in [0.717, 1.165) is 5.56 Å². The molecule has 4 nitrogen and oxygen atoms in total. The van der Waals surface area contributed by atoms with Crippen molar-refractivity contribution in [3.63, 3.8) is 0 Å². The molecule has 0 saturated carbocycles. The Labute approximate surface area is 94.9 Å². The number of carbonyl (C=O) groups is 1. The molecule has 88 valence electrons. The van der Waals surface area contributed by atoms with E-state index in [2.05, 4.69) is 5.32 Å². The summed E-state index contributed by atoms with van der Waals surface area (Å²) in [6.45, 7) is 5.06. The summed E-state index contributed by atoms with van der Waals surface area (Å²) in [5.41, 5.74) is 0.431. The fourth-order valence-corrected chi connectivity index (χ4v) is 1.17. The maximum Gasteiger partial charge on any atom is 0.251 e. The fourth-order valence-electron chi connectivity index (χ4n) is 1.17. The normalized spacial score (nSPS) is 11.2. The highest BCUT2D eigenvalue weighted by molar-refractivity contribution is 5.95. The summed E-state index contributed by atoms with van der Waals surface area (Å²) in [6.07, 6.45) is 0. The van der Waals surface area contributed by atoms with Gasteiger partial charge in [0.1, 0.15) is 5.75 Å². The molecule has 0 aliphatic rings.